The molecule has 0 saturated carbocycles. The van der Waals surface area contributed by atoms with Crippen LogP contribution in [0.25, 0.3) is 10.9 Å². The van der Waals surface area contributed by atoms with E-state index in [4.69, 9.17) is 5.26 Å². The van der Waals surface area contributed by atoms with Crippen molar-refractivity contribution in [2.75, 3.05) is 6.54 Å². The fourth-order valence-electron chi connectivity index (χ4n) is 3.16. The van der Waals surface area contributed by atoms with E-state index in [2.05, 4.69) is 4.98 Å². The van der Waals surface area contributed by atoms with Gasteiger partial charge in [0.2, 0.25) is 15.9 Å². The van der Waals surface area contributed by atoms with Crippen molar-refractivity contribution in [1.82, 2.24) is 13.9 Å². The number of aromatic hydroxyl groups is 1. The molecule has 0 atom stereocenters. The van der Waals surface area contributed by atoms with Gasteiger partial charge < -0.3 is 9.67 Å². The van der Waals surface area contributed by atoms with E-state index in [0.29, 0.717) is 28.7 Å². The number of nitrogens with zero attached hydrogens (tertiary/aromatic N) is 4. The Balaban J connectivity index is 1.77. The molecule has 0 radical (unpaired) electrons. The van der Waals surface area contributed by atoms with Crippen LogP contribution in [0.1, 0.15) is 11.3 Å². The van der Waals surface area contributed by atoms with Gasteiger partial charge in [-0.3, -0.25) is 4.98 Å². The molecule has 8 heteroatoms. The van der Waals surface area contributed by atoms with E-state index in [1.165, 1.54) is 16.4 Å². The van der Waals surface area contributed by atoms with Crippen LogP contribution >= 0.6 is 0 Å². The minimum Gasteiger partial charge on any atom is -0.494 e. The molecule has 7 nitrogen and oxygen atoms in total. The molecule has 1 N–H and O–H groups in total. The molecule has 0 amide bonds. The van der Waals surface area contributed by atoms with E-state index < -0.39 is 10.0 Å². The lowest BCUT2D eigenvalue weighted by Crippen LogP contribution is -2.38. The molecule has 0 unspecified atom stereocenters. The zero-order valence-electron chi connectivity index (χ0n) is 13.1. The van der Waals surface area contributed by atoms with Crippen LogP contribution in [0.2, 0.25) is 0 Å². The number of fused-ring (bicyclic) bond motifs is 3. The van der Waals surface area contributed by atoms with Crippen LogP contribution in [-0.2, 0) is 23.1 Å². The van der Waals surface area contributed by atoms with Gasteiger partial charge in [0, 0.05) is 19.3 Å². The van der Waals surface area contributed by atoms with Crippen LogP contribution in [-0.4, -0.2) is 33.9 Å². The summed E-state index contributed by atoms with van der Waals surface area (Å²) >= 11 is 0. The lowest BCUT2D eigenvalue weighted by atomic mass is 10.2. The molecule has 25 heavy (non-hydrogen) atoms. The Morgan fingerprint density at radius 1 is 1.20 bits per heavy atom. The number of benzene rings is 1. The quantitative estimate of drug-likeness (QED) is 0.757. The largest absolute Gasteiger partial charge is 0.494 e. The van der Waals surface area contributed by atoms with Gasteiger partial charge in [-0.2, -0.15) is 9.57 Å². The lowest BCUT2D eigenvalue weighted by molar-refractivity contribution is 0.318. The Labute approximate surface area is 144 Å². The highest BCUT2D eigenvalue weighted by Gasteiger charge is 2.31. The second-order valence-corrected chi connectivity index (χ2v) is 7.74. The highest BCUT2D eigenvalue weighted by atomic mass is 32.2. The molecule has 0 aliphatic carbocycles. The smallest absolute Gasteiger partial charge is 0.243 e. The highest BCUT2D eigenvalue weighted by molar-refractivity contribution is 7.89. The van der Waals surface area contributed by atoms with Gasteiger partial charge in [0.1, 0.15) is 0 Å². The molecule has 1 aliphatic heterocycles. The first-order chi connectivity index (χ1) is 12.0. The molecule has 3 heterocycles. The summed E-state index contributed by atoms with van der Waals surface area (Å²) in [7, 11) is -3.74. The van der Waals surface area contributed by atoms with E-state index in [0.717, 1.165) is 0 Å². The van der Waals surface area contributed by atoms with Crippen molar-refractivity contribution in [3.63, 3.8) is 0 Å². The van der Waals surface area contributed by atoms with E-state index in [-0.39, 0.29) is 23.9 Å². The van der Waals surface area contributed by atoms with Crippen LogP contribution in [0.15, 0.2) is 47.5 Å². The molecule has 0 fully saturated rings. The molecular formula is C17H14N4O3S. The summed E-state index contributed by atoms with van der Waals surface area (Å²) in [6.45, 7) is 0.697. The van der Waals surface area contributed by atoms with Gasteiger partial charge in [-0.1, -0.05) is 6.07 Å². The molecule has 0 saturated heterocycles. The van der Waals surface area contributed by atoms with Crippen LogP contribution < -0.4 is 0 Å². The number of hydrogen-bond donors (Lipinski definition) is 1. The molecule has 3 aromatic rings. The van der Waals surface area contributed by atoms with Crippen molar-refractivity contribution in [3.8, 4) is 11.9 Å². The van der Waals surface area contributed by atoms with Crippen molar-refractivity contribution in [1.29, 1.82) is 5.26 Å². The Kier molecular flexibility index (Phi) is 3.49. The average molecular weight is 354 g/mol. The first kappa shape index (κ1) is 15.6. The Morgan fingerprint density at radius 2 is 2.04 bits per heavy atom. The van der Waals surface area contributed by atoms with E-state index in [1.54, 1.807) is 35.0 Å². The Bertz CT molecular complexity index is 1130. The Hall–Kier alpha value is -2.89. The van der Waals surface area contributed by atoms with Crippen molar-refractivity contribution >= 4 is 20.9 Å². The summed E-state index contributed by atoms with van der Waals surface area (Å²) < 4.78 is 28.9. The number of rotatable bonds is 2. The predicted octanol–water partition coefficient (Wildman–Crippen LogP) is 1.82. The zero-order valence-corrected chi connectivity index (χ0v) is 13.9. The third kappa shape index (κ3) is 2.36. The standard InChI is InChI=1S/C17H14N4O3S/c18-10-12-3-1-4-13(9-12)25(23,24)20-7-8-21-15(11-20)16-14(17(21)22)5-2-6-19-16/h1-6,9,22H,7-8,11H2. The molecular weight excluding hydrogens is 340 g/mol. The molecule has 126 valence electrons. The van der Waals surface area contributed by atoms with Crippen LogP contribution in [0.4, 0.5) is 0 Å². The predicted molar refractivity (Wildman–Crippen MR) is 90.2 cm³/mol. The minimum atomic E-state index is -3.74. The fourth-order valence-corrected chi connectivity index (χ4v) is 4.59. The van der Waals surface area contributed by atoms with Gasteiger partial charge in [-0.05, 0) is 30.3 Å². The molecule has 0 spiro atoms. The normalized spacial score (nSPS) is 15.0. The van der Waals surface area contributed by atoms with E-state index in [9.17, 15) is 13.5 Å². The topological polar surface area (TPSA) is 99.2 Å². The SMILES string of the molecule is N#Cc1cccc(S(=O)(=O)N2CCn3c(O)c4cccnc4c3C2)c1. The van der Waals surface area contributed by atoms with Gasteiger partial charge >= 0.3 is 0 Å². The van der Waals surface area contributed by atoms with Crippen molar-refractivity contribution in [3.05, 3.63) is 53.9 Å². The van der Waals surface area contributed by atoms with Crippen LogP contribution in [0, 0.1) is 11.3 Å². The first-order valence-electron chi connectivity index (χ1n) is 7.68. The monoisotopic (exact) mass is 354 g/mol. The summed E-state index contributed by atoms with van der Waals surface area (Å²) in [5.74, 6) is 0.113. The highest BCUT2D eigenvalue weighted by Crippen LogP contribution is 2.34. The number of nitriles is 1. The van der Waals surface area contributed by atoms with Gasteiger partial charge in [0.15, 0.2) is 0 Å². The number of pyridine rings is 1. The first-order valence-corrected chi connectivity index (χ1v) is 9.12. The van der Waals surface area contributed by atoms with Gasteiger partial charge in [0.05, 0.1) is 39.7 Å². The lowest BCUT2D eigenvalue weighted by Gasteiger charge is -2.28. The van der Waals surface area contributed by atoms with E-state index >= 15 is 0 Å². The van der Waals surface area contributed by atoms with Gasteiger partial charge in [-0.15, -0.1) is 0 Å². The zero-order chi connectivity index (χ0) is 17.6. The third-order valence-electron chi connectivity index (χ3n) is 4.40. The maximum atomic E-state index is 12.9. The molecule has 0 bridgehead atoms. The third-order valence-corrected chi connectivity index (χ3v) is 6.24. The van der Waals surface area contributed by atoms with Gasteiger partial charge in [0.25, 0.3) is 0 Å². The summed E-state index contributed by atoms with van der Waals surface area (Å²) in [4.78, 5) is 4.38. The number of sulfonamides is 1. The second-order valence-electron chi connectivity index (χ2n) is 5.80. The van der Waals surface area contributed by atoms with E-state index in [1.807, 2.05) is 6.07 Å². The molecule has 1 aromatic carbocycles. The maximum absolute atomic E-state index is 12.9. The summed E-state index contributed by atoms with van der Waals surface area (Å²) in [6, 6.07) is 11.4. The summed E-state index contributed by atoms with van der Waals surface area (Å²) in [5.41, 5.74) is 1.57. The average Bonchev–Trinajstić information content (AvgIpc) is 2.94. The molecule has 4 rings (SSSR count). The van der Waals surface area contributed by atoms with Crippen LogP contribution in [0.3, 0.4) is 0 Å². The number of aromatic nitrogens is 2. The fraction of sp³-hybridized carbons (Fsp3) is 0.176. The molecule has 1 aliphatic rings. The maximum Gasteiger partial charge on any atom is 0.243 e. The van der Waals surface area contributed by atoms with Crippen molar-refractivity contribution in [2.24, 2.45) is 0 Å². The van der Waals surface area contributed by atoms with Crippen LogP contribution in [0.5, 0.6) is 5.88 Å². The summed E-state index contributed by atoms with van der Waals surface area (Å²) in [6.07, 6.45) is 1.62. The minimum absolute atomic E-state index is 0.0908. The Morgan fingerprint density at radius 3 is 2.84 bits per heavy atom. The molecule has 2 aromatic heterocycles. The second kappa shape index (κ2) is 5.58. The number of hydrogen-bond acceptors (Lipinski definition) is 5. The van der Waals surface area contributed by atoms with Gasteiger partial charge in [-0.25, -0.2) is 8.42 Å². The van der Waals surface area contributed by atoms with Crippen molar-refractivity contribution in [2.45, 2.75) is 18.0 Å². The van der Waals surface area contributed by atoms with Crippen molar-refractivity contribution < 1.29 is 13.5 Å². The summed E-state index contributed by atoms with van der Waals surface area (Å²) in [5, 5.41) is 19.9.